The summed E-state index contributed by atoms with van der Waals surface area (Å²) in [5.74, 6) is 0.328. The molecule has 1 atom stereocenters. The number of hydrogen-bond donors (Lipinski definition) is 1. The van der Waals surface area contributed by atoms with E-state index in [0.29, 0.717) is 10.9 Å². The van der Waals surface area contributed by atoms with Crippen molar-refractivity contribution in [3.05, 3.63) is 34.6 Å². The number of halogens is 3. The molecule has 0 bridgehead atoms. The van der Waals surface area contributed by atoms with Gasteiger partial charge in [-0.3, -0.25) is 4.90 Å². The lowest BCUT2D eigenvalue weighted by Crippen LogP contribution is -2.46. The second kappa shape index (κ2) is 7.77. The minimum Gasteiger partial charge on any atom is -0.314 e. The Morgan fingerprint density at radius 2 is 1.86 bits per heavy atom. The average molecular weight is 333 g/mol. The maximum Gasteiger partial charge on any atom is 0.142 e. The molecule has 1 N–H and O–H groups in total. The van der Waals surface area contributed by atoms with Gasteiger partial charge in [0.25, 0.3) is 0 Å². The Kier molecular flexibility index (Phi) is 6.30. The minimum absolute atomic E-state index is 0. The largest absolute Gasteiger partial charge is 0.314 e. The standard InChI is InChI=1S/C16H22ClFN2.ClH/c17-15-13(6-3-7-14(15)18)16(12-4-1-2-5-12)20-10-8-19-9-11-20;/h3,6-7,12,16,19H,1-2,4-5,8-11H2;1H/t16-;/m0./s1. The van der Waals surface area contributed by atoms with Gasteiger partial charge in [-0.1, -0.05) is 36.6 Å². The van der Waals surface area contributed by atoms with Gasteiger partial charge in [-0.2, -0.15) is 0 Å². The van der Waals surface area contributed by atoms with E-state index >= 15 is 0 Å². The summed E-state index contributed by atoms with van der Waals surface area (Å²) in [4.78, 5) is 2.49. The number of hydrogen-bond acceptors (Lipinski definition) is 2. The molecule has 1 aromatic carbocycles. The van der Waals surface area contributed by atoms with E-state index in [1.165, 1.54) is 31.7 Å². The molecule has 1 aromatic rings. The molecule has 0 spiro atoms. The first kappa shape index (κ1) is 17.0. The van der Waals surface area contributed by atoms with Crippen LogP contribution in [-0.2, 0) is 0 Å². The predicted molar refractivity (Wildman–Crippen MR) is 87.8 cm³/mol. The van der Waals surface area contributed by atoms with E-state index in [1.807, 2.05) is 6.07 Å². The van der Waals surface area contributed by atoms with Crippen molar-refractivity contribution in [1.82, 2.24) is 10.2 Å². The SMILES string of the molecule is Cl.Fc1cccc([C@H](C2CCCC2)N2CCNCC2)c1Cl. The van der Waals surface area contributed by atoms with Crippen molar-refractivity contribution < 1.29 is 4.39 Å². The minimum atomic E-state index is -0.290. The highest BCUT2D eigenvalue weighted by molar-refractivity contribution is 6.31. The molecule has 2 aliphatic rings. The Morgan fingerprint density at radius 1 is 1.19 bits per heavy atom. The summed E-state index contributed by atoms with van der Waals surface area (Å²) in [6, 6.07) is 5.54. The molecule has 5 heteroatoms. The van der Waals surface area contributed by atoms with E-state index in [0.717, 1.165) is 31.7 Å². The molecule has 0 unspecified atom stereocenters. The number of piperazine rings is 1. The van der Waals surface area contributed by atoms with Gasteiger partial charge < -0.3 is 5.32 Å². The lowest BCUT2D eigenvalue weighted by molar-refractivity contribution is 0.125. The van der Waals surface area contributed by atoms with Crippen LogP contribution in [-0.4, -0.2) is 31.1 Å². The first-order chi connectivity index (χ1) is 9.77. The summed E-state index contributed by atoms with van der Waals surface area (Å²) in [6.07, 6.45) is 5.06. The van der Waals surface area contributed by atoms with Crippen molar-refractivity contribution in [2.45, 2.75) is 31.7 Å². The third kappa shape index (κ3) is 3.70. The van der Waals surface area contributed by atoms with Gasteiger partial charge in [0.05, 0.1) is 5.02 Å². The van der Waals surface area contributed by atoms with Crippen molar-refractivity contribution in [3.8, 4) is 0 Å². The number of nitrogens with zero attached hydrogens (tertiary/aromatic N) is 1. The van der Waals surface area contributed by atoms with Crippen LogP contribution < -0.4 is 5.32 Å². The molecular weight excluding hydrogens is 310 g/mol. The molecule has 2 fully saturated rings. The summed E-state index contributed by atoms with van der Waals surface area (Å²) in [6.45, 7) is 4.06. The van der Waals surface area contributed by atoms with Crippen molar-refractivity contribution >= 4 is 24.0 Å². The number of nitrogens with one attached hydrogen (secondary N) is 1. The smallest absolute Gasteiger partial charge is 0.142 e. The third-order valence-corrected chi connectivity index (χ3v) is 5.09. The van der Waals surface area contributed by atoms with Crippen LogP contribution in [0.5, 0.6) is 0 Å². The molecule has 21 heavy (non-hydrogen) atoms. The van der Waals surface area contributed by atoms with Crippen LogP contribution in [0.25, 0.3) is 0 Å². The van der Waals surface area contributed by atoms with Crippen LogP contribution in [0.2, 0.25) is 5.02 Å². The van der Waals surface area contributed by atoms with Crippen molar-refractivity contribution in [2.24, 2.45) is 5.92 Å². The molecule has 1 aliphatic carbocycles. The first-order valence-corrected chi connectivity index (χ1v) is 8.04. The summed E-state index contributed by atoms with van der Waals surface area (Å²) in [5.41, 5.74) is 0.987. The molecular formula is C16H23Cl2FN2. The average Bonchev–Trinajstić information content (AvgIpc) is 2.99. The fourth-order valence-electron chi connectivity index (χ4n) is 3.73. The lowest BCUT2D eigenvalue weighted by Gasteiger charge is -2.39. The Hall–Kier alpha value is -0.350. The van der Waals surface area contributed by atoms with E-state index in [4.69, 9.17) is 11.6 Å². The highest BCUT2D eigenvalue weighted by Gasteiger charge is 2.33. The fourth-order valence-corrected chi connectivity index (χ4v) is 3.97. The van der Waals surface area contributed by atoms with Gasteiger partial charge in [0.15, 0.2) is 0 Å². The zero-order chi connectivity index (χ0) is 13.9. The summed E-state index contributed by atoms with van der Waals surface area (Å²) in [7, 11) is 0. The maximum atomic E-state index is 13.8. The van der Waals surface area contributed by atoms with Gasteiger partial charge in [-0.25, -0.2) is 4.39 Å². The number of rotatable bonds is 3. The van der Waals surface area contributed by atoms with E-state index in [2.05, 4.69) is 10.2 Å². The fraction of sp³-hybridized carbons (Fsp3) is 0.625. The molecule has 1 saturated carbocycles. The molecule has 1 saturated heterocycles. The van der Waals surface area contributed by atoms with E-state index in [1.54, 1.807) is 6.07 Å². The predicted octanol–water partition coefficient (Wildman–Crippen LogP) is 4.04. The highest BCUT2D eigenvalue weighted by atomic mass is 35.5. The highest BCUT2D eigenvalue weighted by Crippen LogP contribution is 2.42. The van der Waals surface area contributed by atoms with E-state index in [-0.39, 0.29) is 24.3 Å². The molecule has 0 amide bonds. The summed E-state index contributed by atoms with van der Waals surface area (Å²) >= 11 is 6.27. The Balaban J connectivity index is 0.00000161. The maximum absolute atomic E-state index is 13.8. The zero-order valence-corrected chi connectivity index (χ0v) is 13.7. The third-order valence-electron chi connectivity index (χ3n) is 4.69. The van der Waals surface area contributed by atoms with Gasteiger partial charge >= 0.3 is 0 Å². The molecule has 0 aromatic heterocycles. The molecule has 3 rings (SSSR count). The quantitative estimate of drug-likeness (QED) is 0.898. The number of benzene rings is 1. The van der Waals surface area contributed by atoms with Crippen LogP contribution in [0.3, 0.4) is 0 Å². The summed E-state index contributed by atoms with van der Waals surface area (Å²) in [5, 5.41) is 3.71. The van der Waals surface area contributed by atoms with Crippen molar-refractivity contribution in [3.63, 3.8) is 0 Å². The van der Waals surface area contributed by atoms with Crippen LogP contribution in [0.4, 0.5) is 4.39 Å². The normalized spacial score (nSPS) is 22.0. The lowest BCUT2D eigenvalue weighted by atomic mass is 9.89. The van der Waals surface area contributed by atoms with E-state index in [9.17, 15) is 4.39 Å². The second-order valence-corrected chi connectivity index (χ2v) is 6.30. The summed E-state index contributed by atoms with van der Waals surface area (Å²) < 4.78 is 13.8. The van der Waals surface area contributed by atoms with Gasteiger partial charge in [-0.05, 0) is 30.4 Å². The second-order valence-electron chi connectivity index (χ2n) is 5.92. The van der Waals surface area contributed by atoms with Crippen LogP contribution in [0, 0.1) is 11.7 Å². The Labute approximate surface area is 137 Å². The van der Waals surface area contributed by atoms with Crippen molar-refractivity contribution in [1.29, 1.82) is 0 Å². The van der Waals surface area contributed by atoms with Crippen molar-refractivity contribution in [2.75, 3.05) is 26.2 Å². The first-order valence-electron chi connectivity index (χ1n) is 7.66. The van der Waals surface area contributed by atoms with Crippen LogP contribution >= 0.6 is 24.0 Å². The molecule has 1 heterocycles. The van der Waals surface area contributed by atoms with Gasteiger partial charge in [0.2, 0.25) is 0 Å². The van der Waals surface area contributed by atoms with Crippen LogP contribution in [0.15, 0.2) is 18.2 Å². The van der Waals surface area contributed by atoms with Crippen LogP contribution in [0.1, 0.15) is 37.3 Å². The zero-order valence-electron chi connectivity index (χ0n) is 12.2. The van der Waals surface area contributed by atoms with Gasteiger partial charge in [0.1, 0.15) is 5.82 Å². The van der Waals surface area contributed by atoms with Gasteiger partial charge in [0, 0.05) is 32.2 Å². The topological polar surface area (TPSA) is 15.3 Å². The molecule has 118 valence electrons. The Morgan fingerprint density at radius 3 is 2.52 bits per heavy atom. The molecule has 1 aliphatic heterocycles. The monoisotopic (exact) mass is 332 g/mol. The van der Waals surface area contributed by atoms with Gasteiger partial charge in [-0.15, -0.1) is 12.4 Å². The van der Waals surface area contributed by atoms with E-state index < -0.39 is 0 Å². The Bertz CT molecular complexity index is 458. The molecule has 2 nitrogen and oxygen atoms in total. The molecule has 0 radical (unpaired) electrons.